The van der Waals surface area contributed by atoms with Crippen LogP contribution in [-0.4, -0.2) is 80.4 Å². The van der Waals surface area contributed by atoms with Gasteiger partial charge in [-0.2, -0.15) is 0 Å². The quantitative estimate of drug-likeness (QED) is 0.0302. The van der Waals surface area contributed by atoms with E-state index in [1.54, 1.807) is 112 Å². The first-order valence-corrected chi connectivity index (χ1v) is 39.5. The monoisotopic (exact) mass is 1660 g/mol. The number of furan rings is 3. The molecule has 3 aliphatic rings. The van der Waals surface area contributed by atoms with E-state index in [2.05, 4.69) is 34.7 Å². The van der Waals surface area contributed by atoms with E-state index in [0.29, 0.717) is 61.8 Å². The number of carbonyl (C=O) groups excluding carboxylic acids is 6. The average Bonchev–Trinajstić information content (AvgIpc) is 1.14. The van der Waals surface area contributed by atoms with E-state index in [0.717, 1.165) is 21.6 Å². The third-order valence-electron chi connectivity index (χ3n) is 16.6. The molecule has 115 heavy (non-hydrogen) atoms. The summed E-state index contributed by atoms with van der Waals surface area (Å²) in [4.78, 5) is 144. The summed E-state index contributed by atoms with van der Waals surface area (Å²) in [5.41, 5.74) is 3.19. The third-order valence-corrected chi connectivity index (χ3v) is 22.0. The van der Waals surface area contributed by atoms with Crippen molar-refractivity contribution in [1.29, 1.82) is 0 Å². The number of benzene rings is 3. The summed E-state index contributed by atoms with van der Waals surface area (Å²) in [5.74, 6) is -3.43. The maximum atomic E-state index is 13.6. The molecule has 3 unspecified atom stereocenters. The maximum Gasteiger partial charge on any atom is 0.379 e. The second-order valence-electron chi connectivity index (χ2n) is 24.3. The standard InChI is InChI=1S/3C27H20N2O6S2.C2H4O2/c3*1-3-12-34-26(32)22-16(2)28-27-29(24(30)21(37-27)15-19-6-5-14-36-19)23(22)17-8-10-18(11-9-17)35-25(31)20-7-4-13-33-20;1-2(3)4/h3*3-11,13-15,23H,1,12H2,2H3;1H3,(H,3,4)/b3*21-15+;. The van der Waals surface area contributed by atoms with Crippen molar-refractivity contribution in [3.8, 4) is 17.2 Å². The Kier molecular flexibility index (Phi) is 26.3. The number of hydrogen-bond acceptors (Lipinski definition) is 28. The lowest BCUT2D eigenvalue weighted by Crippen LogP contribution is -2.39. The van der Waals surface area contributed by atoms with Crippen LogP contribution < -0.4 is 58.9 Å². The number of nitrogens with zero attached hydrogens (tertiary/aromatic N) is 6. The Hall–Kier alpha value is -13.4. The number of rotatable bonds is 21. The number of ether oxygens (including phenoxy) is 6. The molecule has 0 radical (unpaired) electrons. The first kappa shape index (κ1) is 81.1. The fourth-order valence-corrected chi connectivity index (χ4v) is 17.0. The molecule has 3 atom stereocenters. The van der Waals surface area contributed by atoms with Gasteiger partial charge in [-0.25, -0.2) is 43.7 Å². The van der Waals surface area contributed by atoms with Gasteiger partial charge >= 0.3 is 35.8 Å². The van der Waals surface area contributed by atoms with Crippen molar-refractivity contribution < 1.29 is 80.3 Å². The summed E-state index contributed by atoms with van der Waals surface area (Å²) >= 11 is 8.33. The van der Waals surface area contributed by atoms with Crippen molar-refractivity contribution in [1.82, 2.24) is 13.7 Å². The van der Waals surface area contributed by atoms with Crippen molar-refractivity contribution >= 4 is 128 Å². The number of aromatic nitrogens is 3. The molecular weight excluding hydrogens is 1590 g/mol. The number of carbonyl (C=O) groups is 7. The van der Waals surface area contributed by atoms with E-state index >= 15 is 0 Å². The van der Waals surface area contributed by atoms with Crippen LogP contribution in [0.15, 0.2) is 295 Å². The van der Waals surface area contributed by atoms with Crippen LogP contribution in [0.1, 0.15) is 109 Å². The van der Waals surface area contributed by atoms with Gasteiger partial charge in [0.1, 0.15) is 37.1 Å². The van der Waals surface area contributed by atoms with Crippen LogP contribution in [0.5, 0.6) is 17.2 Å². The van der Waals surface area contributed by atoms with Crippen LogP contribution in [0.4, 0.5) is 0 Å². The van der Waals surface area contributed by atoms with E-state index in [4.69, 9.17) is 51.6 Å². The molecule has 0 amide bonds. The second kappa shape index (κ2) is 37.3. The highest BCUT2D eigenvalue weighted by Crippen LogP contribution is 2.36. The van der Waals surface area contributed by atoms with Gasteiger partial charge in [0, 0.05) is 21.6 Å². The Bertz CT molecular complexity index is 5750. The van der Waals surface area contributed by atoms with Gasteiger partial charge in [0.2, 0.25) is 17.3 Å². The first-order valence-electron chi connectivity index (χ1n) is 34.4. The molecule has 26 nitrogen and oxygen atoms in total. The van der Waals surface area contributed by atoms with Crippen molar-refractivity contribution in [2.75, 3.05) is 19.8 Å². The number of fused-ring (bicyclic) bond motifs is 3. The zero-order valence-corrected chi connectivity index (χ0v) is 66.0. The molecule has 0 aliphatic carbocycles. The number of thiophene rings is 3. The highest BCUT2D eigenvalue weighted by Gasteiger charge is 2.37. The van der Waals surface area contributed by atoms with Gasteiger partial charge in [-0.1, -0.05) is 127 Å². The zero-order valence-electron chi connectivity index (χ0n) is 61.1. The van der Waals surface area contributed by atoms with E-state index in [1.807, 2.05) is 70.8 Å². The van der Waals surface area contributed by atoms with Gasteiger partial charge in [-0.05, 0) is 163 Å². The molecule has 3 aromatic carbocycles. The number of allylic oxidation sites excluding steroid dienone is 3. The summed E-state index contributed by atoms with van der Waals surface area (Å²) < 4.78 is 53.4. The number of hydrogen-bond donors (Lipinski definition) is 1. The molecule has 9 aromatic heterocycles. The molecule has 0 saturated carbocycles. The number of carboxylic acid groups (broad SMARTS) is 1. The van der Waals surface area contributed by atoms with Crippen LogP contribution >= 0.6 is 68.0 Å². The fraction of sp³-hybridized carbons (Fsp3) is 0.120. The largest absolute Gasteiger partial charge is 0.481 e. The van der Waals surface area contributed by atoms with Gasteiger partial charge in [0.15, 0.2) is 14.4 Å². The SMILES string of the molecule is C=CCOC(=O)C1=C(C)N=c2s/c(=C/c3cccs3)c(=O)n2C1c1ccc(OC(=O)c2ccco2)cc1.C=CCOC(=O)C1=C(C)N=c2s/c(=C/c3cccs3)c(=O)n2C1c1ccc(OC(=O)c2ccco2)cc1.C=CCOC(=O)C1=C(C)N=c2s/c(=C/c3cccs3)c(=O)n2C1c1ccc(OC(=O)c2ccco2)cc1.CC(=O)O. The number of carboxylic acids is 1. The summed E-state index contributed by atoms with van der Waals surface area (Å²) in [6.07, 6.45) is 14.0. The van der Waals surface area contributed by atoms with Crippen molar-refractivity contribution in [3.05, 3.63) is 360 Å². The molecule has 12 heterocycles. The number of aliphatic carboxylic acids is 1. The van der Waals surface area contributed by atoms with E-state index in [-0.39, 0.29) is 87.7 Å². The van der Waals surface area contributed by atoms with Crippen LogP contribution in [0.2, 0.25) is 0 Å². The Morgan fingerprint density at radius 2 is 0.670 bits per heavy atom. The molecule has 582 valence electrons. The fourth-order valence-electron chi connectivity index (χ4n) is 11.6. The topological polar surface area (TPSA) is 338 Å². The van der Waals surface area contributed by atoms with Gasteiger partial charge in [0.25, 0.3) is 22.6 Å². The van der Waals surface area contributed by atoms with Gasteiger partial charge < -0.3 is 46.8 Å². The van der Waals surface area contributed by atoms with Crippen LogP contribution in [0.25, 0.3) is 18.2 Å². The van der Waals surface area contributed by atoms with Gasteiger partial charge in [-0.3, -0.25) is 32.9 Å². The van der Waals surface area contributed by atoms with Crippen molar-refractivity contribution in [2.45, 2.75) is 45.8 Å². The molecule has 0 spiro atoms. The van der Waals surface area contributed by atoms with Crippen LogP contribution in [-0.2, 0) is 33.4 Å². The average molecular weight is 1660 g/mol. The Balaban J connectivity index is 0.000000155. The minimum atomic E-state index is -0.833. The number of esters is 6. The molecular formula is C83H64N6O20S6. The van der Waals surface area contributed by atoms with Crippen LogP contribution in [0, 0.1) is 0 Å². The lowest BCUT2D eigenvalue weighted by molar-refractivity contribution is -0.139. The smallest absolute Gasteiger partial charge is 0.379 e. The molecule has 32 heteroatoms. The zero-order chi connectivity index (χ0) is 81.4. The molecule has 15 rings (SSSR count). The molecule has 1 N–H and O–H groups in total. The van der Waals surface area contributed by atoms with Crippen molar-refractivity contribution in [3.63, 3.8) is 0 Å². The molecule has 0 fully saturated rings. The minimum Gasteiger partial charge on any atom is -0.481 e. The molecule has 12 aromatic rings. The molecule has 0 saturated heterocycles. The summed E-state index contributed by atoms with van der Waals surface area (Å²) in [7, 11) is 0. The van der Waals surface area contributed by atoms with Crippen molar-refractivity contribution in [2.24, 2.45) is 15.0 Å². The maximum absolute atomic E-state index is 13.6. The Morgan fingerprint density at radius 1 is 0.409 bits per heavy atom. The van der Waals surface area contributed by atoms with Gasteiger partial charge in [-0.15, -0.1) is 34.0 Å². The number of thiazole rings is 3. The second-order valence-corrected chi connectivity index (χ2v) is 30.2. The lowest BCUT2D eigenvalue weighted by atomic mass is 9.96. The summed E-state index contributed by atoms with van der Waals surface area (Å²) in [5, 5.41) is 13.2. The summed E-state index contributed by atoms with van der Waals surface area (Å²) in [6.45, 7) is 17.1. The predicted octanol–water partition coefficient (Wildman–Crippen LogP) is 11.6. The van der Waals surface area contributed by atoms with Gasteiger partial charge in [0.05, 0.1) is 84.3 Å². The van der Waals surface area contributed by atoms with E-state index < -0.39 is 59.9 Å². The Labute approximate surface area is 675 Å². The minimum absolute atomic E-state index is 0.0206. The highest BCUT2D eigenvalue weighted by molar-refractivity contribution is 7.12. The molecule has 0 bridgehead atoms. The Morgan fingerprint density at radius 3 is 0.887 bits per heavy atom. The van der Waals surface area contributed by atoms with E-state index in [9.17, 15) is 43.2 Å². The van der Waals surface area contributed by atoms with E-state index in [1.165, 1.54) is 137 Å². The lowest BCUT2D eigenvalue weighted by Gasteiger charge is -2.24. The first-order chi connectivity index (χ1) is 55.6. The predicted molar refractivity (Wildman–Crippen MR) is 431 cm³/mol. The normalized spacial score (nSPS) is 14.9. The van der Waals surface area contributed by atoms with Crippen LogP contribution in [0.3, 0.4) is 0 Å². The third kappa shape index (κ3) is 19.1. The highest BCUT2D eigenvalue weighted by atomic mass is 32.1. The summed E-state index contributed by atoms with van der Waals surface area (Å²) in [6, 6.07) is 38.2. The molecule has 3 aliphatic heterocycles.